The molecular weight excluding hydrogens is 399 g/mol. The molecule has 6 nitrogen and oxygen atoms in total. The molecule has 0 aliphatic carbocycles. The second kappa shape index (κ2) is 7.44. The zero-order valence-electron chi connectivity index (χ0n) is 13.8. The van der Waals surface area contributed by atoms with E-state index >= 15 is 0 Å². The normalized spacial score (nSPS) is 14.5. The number of anilines is 1. The molecule has 3 rings (SSSR count). The molecule has 0 saturated carbocycles. The molecule has 26 heavy (non-hydrogen) atoms. The molecule has 0 radical (unpaired) electrons. The van der Waals surface area contributed by atoms with Crippen LogP contribution in [0, 0.1) is 6.92 Å². The maximum Gasteiger partial charge on any atom is 0.294 e. The Kier molecular flexibility index (Phi) is 5.43. The molecule has 0 saturated heterocycles. The molecule has 1 N–H and O–H groups in total. The minimum Gasteiger partial charge on any atom is -0.486 e. The minimum atomic E-state index is -4.28. The summed E-state index contributed by atoms with van der Waals surface area (Å²) in [5, 5.41) is 0.836. The Labute approximate surface area is 161 Å². The van der Waals surface area contributed by atoms with Crippen molar-refractivity contribution in [2.24, 2.45) is 4.99 Å². The van der Waals surface area contributed by atoms with E-state index in [0.717, 1.165) is 5.56 Å². The van der Waals surface area contributed by atoms with E-state index in [9.17, 15) is 13.0 Å². The first-order chi connectivity index (χ1) is 12.3. The van der Waals surface area contributed by atoms with Gasteiger partial charge in [-0.25, -0.2) is 0 Å². The van der Waals surface area contributed by atoms with Crippen molar-refractivity contribution in [1.29, 1.82) is 0 Å². The lowest BCUT2D eigenvalue weighted by Crippen LogP contribution is -2.32. The number of hydrogen-bond acceptors (Lipinski definition) is 5. The fraction of sp³-hybridized carbons (Fsp3) is 0.235. The molecule has 2 aromatic rings. The summed E-state index contributed by atoms with van der Waals surface area (Å²) in [6.45, 7) is 3.21. The van der Waals surface area contributed by atoms with Crippen molar-refractivity contribution in [3.63, 3.8) is 0 Å². The lowest BCUT2D eigenvalue weighted by Gasteiger charge is -2.23. The minimum absolute atomic E-state index is 0.158. The summed E-state index contributed by atoms with van der Waals surface area (Å²) in [6, 6.07) is 9.42. The van der Waals surface area contributed by atoms with Gasteiger partial charge in [0.25, 0.3) is 10.1 Å². The quantitative estimate of drug-likeness (QED) is 0.751. The highest BCUT2D eigenvalue weighted by Gasteiger charge is 2.23. The average Bonchev–Trinajstić information content (AvgIpc) is 3.03. The van der Waals surface area contributed by atoms with Gasteiger partial charge < -0.3 is 9.64 Å². The van der Waals surface area contributed by atoms with E-state index in [1.165, 1.54) is 12.1 Å². The smallest absolute Gasteiger partial charge is 0.294 e. The molecule has 0 amide bonds. The van der Waals surface area contributed by atoms with Crippen LogP contribution in [0.15, 0.2) is 46.3 Å². The van der Waals surface area contributed by atoms with Crippen LogP contribution in [0.4, 0.5) is 5.69 Å². The number of nitrogens with zero attached hydrogens (tertiary/aromatic N) is 2. The van der Waals surface area contributed by atoms with Crippen molar-refractivity contribution in [3.05, 3.63) is 52.0 Å². The summed E-state index contributed by atoms with van der Waals surface area (Å²) in [7, 11) is -4.28. The third-order valence-corrected chi connectivity index (χ3v) is 5.55. The Morgan fingerprint density at radius 3 is 2.65 bits per heavy atom. The first-order valence-electron chi connectivity index (χ1n) is 7.72. The van der Waals surface area contributed by atoms with Crippen LogP contribution in [0.25, 0.3) is 0 Å². The predicted octanol–water partition coefficient (Wildman–Crippen LogP) is 3.85. The SMILES string of the molecule is Cc1ccc(S(=O)(=O)O)cc1N1CCN=C1COc1ccc(Cl)c(Cl)c1. The van der Waals surface area contributed by atoms with Crippen LogP contribution >= 0.6 is 23.2 Å². The lowest BCUT2D eigenvalue weighted by atomic mass is 10.2. The van der Waals surface area contributed by atoms with Gasteiger partial charge in [-0.1, -0.05) is 29.3 Å². The first kappa shape index (κ1) is 19.0. The van der Waals surface area contributed by atoms with Gasteiger partial charge in [-0.3, -0.25) is 9.55 Å². The van der Waals surface area contributed by atoms with Crippen LogP contribution in [-0.4, -0.2) is 38.5 Å². The molecular formula is C17H16Cl2N2O4S. The van der Waals surface area contributed by atoms with Crippen LogP contribution in [0.1, 0.15) is 5.56 Å². The number of aliphatic imine (C=N–C) groups is 1. The molecule has 0 fully saturated rings. The topological polar surface area (TPSA) is 79.2 Å². The number of hydrogen-bond donors (Lipinski definition) is 1. The fourth-order valence-electron chi connectivity index (χ4n) is 2.63. The summed E-state index contributed by atoms with van der Waals surface area (Å²) in [6.07, 6.45) is 0. The highest BCUT2D eigenvalue weighted by molar-refractivity contribution is 7.85. The number of aryl methyl sites for hydroxylation is 1. The molecule has 0 spiro atoms. The summed E-state index contributed by atoms with van der Waals surface area (Å²) in [5.74, 6) is 1.21. The molecule has 2 aromatic carbocycles. The van der Waals surface area contributed by atoms with E-state index in [2.05, 4.69) is 4.99 Å². The van der Waals surface area contributed by atoms with Gasteiger partial charge in [0.05, 0.1) is 21.5 Å². The van der Waals surface area contributed by atoms with Crippen molar-refractivity contribution < 1.29 is 17.7 Å². The lowest BCUT2D eigenvalue weighted by molar-refractivity contribution is 0.375. The summed E-state index contributed by atoms with van der Waals surface area (Å²) in [4.78, 5) is 6.15. The first-order valence-corrected chi connectivity index (χ1v) is 9.92. The van der Waals surface area contributed by atoms with Crippen molar-refractivity contribution in [1.82, 2.24) is 0 Å². The maximum absolute atomic E-state index is 11.4. The molecule has 138 valence electrons. The molecule has 1 aliphatic rings. The highest BCUT2D eigenvalue weighted by Crippen LogP contribution is 2.28. The number of benzene rings is 2. The summed E-state index contributed by atoms with van der Waals surface area (Å²) < 4.78 is 37.9. The zero-order valence-corrected chi connectivity index (χ0v) is 16.1. The monoisotopic (exact) mass is 414 g/mol. The summed E-state index contributed by atoms with van der Waals surface area (Å²) >= 11 is 11.9. The van der Waals surface area contributed by atoms with E-state index in [1.54, 1.807) is 24.3 Å². The predicted molar refractivity (Wildman–Crippen MR) is 103 cm³/mol. The van der Waals surface area contributed by atoms with Crippen LogP contribution in [0.2, 0.25) is 10.0 Å². The van der Waals surface area contributed by atoms with E-state index in [0.29, 0.717) is 40.4 Å². The fourth-order valence-corrected chi connectivity index (χ4v) is 3.42. The molecule has 1 heterocycles. The van der Waals surface area contributed by atoms with Crippen molar-refractivity contribution >= 4 is 44.8 Å². The Hall–Kier alpha value is -1.80. The van der Waals surface area contributed by atoms with Crippen LogP contribution in [0.5, 0.6) is 5.75 Å². The molecule has 0 unspecified atom stereocenters. The van der Waals surface area contributed by atoms with Crippen molar-refractivity contribution in [2.75, 3.05) is 24.6 Å². The zero-order chi connectivity index (χ0) is 18.9. The second-order valence-corrected chi connectivity index (χ2v) is 7.97. The second-order valence-electron chi connectivity index (χ2n) is 5.74. The highest BCUT2D eigenvalue weighted by atomic mass is 35.5. The largest absolute Gasteiger partial charge is 0.486 e. The maximum atomic E-state index is 11.4. The van der Waals surface area contributed by atoms with Gasteiger partial charge in [0, 0.05) is 18.3 Å². The molecule has 9 heteroatoms. The molecule has 0 atom stereocenters. The number of halogens is 2. The van der Waals surface area contributed by atoms with Crippen molar-refractivity contribution in [2.45, 2.75) is 11.8 Å². The van der Waals surface area contributed by atoms with E-state index in [1.807, 2.05) is 11.8 Å². The van der Waals surface area contributed by atoms with Gasteiger partial charge >= 0.3 is 0 Å². The third-order valence-electron chi connectivity index (χ3n) is 3.96. The molecule has 0 aromatic heterocycles. The average molecular weight is 415 g/mol. The Balaban J connectivity index is 1.81. The Bertz CT molecular complexity index is 977. The number of amidine groups is 1. The van der Waals surface area contributed by atoms with E-state index in [-0.39, 0.29) is 11.5 Å². The van der Waals surface area contributed by atoms with Gasteiger partial charge in [-0.2, -0.15) is 8.42 Å². The third kappa shape index (κ3) is 4.12. The van der Waals surface area contributed by atoms with Crippen molar-refractivity contribution in [3.8, 4) is 5.75 Å². The van der Waals surface area contributed by atoms with E-state index in [4.69, 9.17) is 27.9 Å². The van der Waals surface area contributed by atoms with Gasteiger partial charge in [0.1, 0.15) is 18.2 Å². The van der Waals surface area contributed by atoms with Crippen LogP contribution < -0.4 is 9.64 Å². The Morgan fingerprint density at radius 1 is 1.19 bits per heavy atom. The Morgan fingerprint density at radius 2 is 1.96 bits per heavy atom. The number of ether oxygens (including phenoxy) is 1. The molecule has 0 bridgehead atoms. The van der Waals surface area contributed by atoms with Gasteiger partial charge in [-0.15, -0.1) is 0 Å². The van der Waals surface area contributed by atoms with Crippen LogP contribution in [0.3, 0.4) is 0 Å². The van der Waals surface area contributed by atoms with E-state index < -0.39 is 10.1 Å². The van der Waals surface area contributed by atoms with Crippen LogP contribution in [-0.2, 0) is 10.1 Å². The van der Waals surface area contributed by atoms with Gasteiger partial charge in [0.15, 0.2) is 0 Å². The van der Waals surface area contributed by atoms with Gasteiger partial charge in [0.2, 0.25) is 0 Å². The summed E-state index contributed by atoms with van der Waals surface area (Å²) in [5.41, 5.74) is 1.52. The molecule has 1 aliphatic heterocycles. The number of rotatable bonds is 5. The standard InChI is InChI=1S/C17H16Cl2N2O4S/c1-11-2-4-13(26(22,23)24)9-16(11)21-7-6-20-17(21)10-25-12-3-5-14(18)15(19)8-12/h2-5,8-9H,6-7,10H2,1H3,(H,22,23,24). The van der Waals surface area contributed by atoms with Gasteiger partial charge in [-0.05, 0) is 36.8 Å².